The van der Waals surface area contributed by atoms with Crippen LogP contribution < -0.4 is 0 Å². The van der Waals surface area contributed by atoms with E-state index in [1.165, 1.54) is 37.8 Å². The molecule has 1 fully saturated rings. The molecule has 3 nitrogen and oxygen atoms in total. The van der Waals surface area contributed by atoms with Crippen LogP contribution in [0.25, 0.3) is 0 Å². The largest absolute Gasteiger partial charge is 0.478 e. The van der Waals surface area contributed by atoms with Crippen molar-refractivity contribution in [1.29, 1.82) is 0 Å². The lowest BCUT2D eigenvalue weighted by Gasteiger charge is -2.38. The molecule has 1 aromatic rings. The molecule has 0 bridgehead atoms. The normalized spacial score (nSPS) is 18.9. The van der Waals surface area contributed by atoms with Crippen LogP contribution >= 0.6 is 0 Å². The van der Waals surface area contributed by atoms with Crippen LogP contribution in [-0.4, -0.2) is 29.1 Å². The summed E-state index contributed by atoms with van der Waals surface area (Å²) < 4.78 is 13.7. The van der Waals surface area contributed by atoms with Gasteiger partial charge in [0.15, 0.2) is 0 Å². The van der Waals surface area contributed by atoms with Crippen LogP contribution in [0.15, 0.2) is 18.2 Å². The predicted molar refractivity (Wildman–Crippen MR) is 80.9 cm³/mol. The first-order valence-electron chi connectivity index (χ1n) is 7.50. The van der Waals surface area contributed by atoms with Crippen LogP contribution in [0.3, 0.4) is 0 Å². The van der Waals surface area contributed by atoms with Crippen molar-refractivity contribution >= 4 is 5.97 Å². The molecule has 1 saturated carbocycles. The average Bonchev–Trinajstić information content (AvgIpc) is 2.38. The molecule has 4 heteroatoms. The number of carboxylic acid groups (broad SMARTS) is 1. The topological polar surface area (TPSA) is 40.5 Å². The number of benzene rings is 1. The molecule has 0 aromatic heterocycles. The van der Waals surface area contributed by atoms with Crippen LogP contribution in [-0.2, 0) is 6.54 Å². The summed E-state index contributed by atoms with van der Waals surface area (Å²) in [6, 6.07) is 4.92. The Morgan fingerprint density at radius 2 is 2.00 bits per heavy atom. The predicted octanol–water partition coefficient (Wildman–Crippen LogP) is 3.92. The van der Waals surface area contributed by atoms with Gasteiger partial charge >= 0.3 is 5.97 Å². The number of carbonyl (C=O) groups is 1. The number of aromatic carboxylic acids is 1. The SMILES string of the molecule is CN(Cc1ccc(C(=O)O)c(F)c1)C1CCC(C)(C)CC1. The molecular formula is C17H24FNO2. The summed E-state index contributed by atoms with van der Waals surface area (Å²) in [5.74, 6) is -1.87. The Morgan fingerprint density at radius 1 is 1.38 bits per heavy atom. The van der Waals surface area contributed by atoms with E-state index in [9.17, 15) is 9.18 Å². The lowest BCUT2D eigenvalue weighted by atomic mass is 9.75. The van der Waals surface area contributed by atoms with Gasteiger partial charge < -0.3 is 5.11 Å². The Hall–Kier alpha value is -1.42. The summed E-state index contributed by atoms with van der Waals surface area (Å²) in [7, 11) is 2.06. The minimum Gasteiger partial charge on any atom is -0.478 e. The zero-order valence-electron chi connectivity index (χ0n) is 13.0. The molecular weight excluding hydrogens is 269 g/mol. The third-order valence-electron chi connectivity index (χ3n) is 4.63. The van der Waals surface area contributed by atoms with Crippen LogP contribution in [0, 0.1) is 11.2 Å². The van der Waals surface area contributed by atoms with E-state index in [0.29, 0.717) is 18.0 Å². The van der Waals surface area contributed by atoms with E-state index in [1.54, 1.807) is 6.07 Å². The van der Waals surface area contributed by atoms with Crippen molar-refractivity contribution in [2.24, 2.45) is 5.41 Å². The molecule has 1 aliphatic carbocycles. The zero-order valence-corrected chi connectivity index (χ0v) is 13.0. The van der Waals surface area contributed by atoms with Gasteiger partial charge in [0, 0.05) is 12.6 Å². The molecule has 116 valence electrons. The maximum Gasteiger partial charge on any atom is 0.338 e. The highest BCUT2D eigenvalue weighted by Crippen LogP contribution is 2.36. The summed E-state index contributed by atoms with van der Waals surface area (Å²) in [4.78, 5) is 13.1. The molecule has 1 aromatic carbocycles. The van der Waals surface area contributed by atoms with Gasteiger partial charge in [-0.15, -0.1) is 0 Å². The summed E-state index contributed by atoms with van der Waals surface area (Å²) in [5, 5.41) is 8.84. The maximum atomic E-state index is 13.7. The number of nitrogens with zero attached hydrogens (tertiary/aromatic N) is 1. The Labute approximate surface area is 125 Å². The van der Waals surface area contributed by atoms with Gasteiger partial charge in [-0.05, 0) is 55.8 Å². The van der Waals surface area contributed by atoms with Gasteiger partial charge in [-0.2, -0.15) is 0 Å². The molecule has 0 aliphatic heterocycles. The molecule has 0 unspecified atom stereocenters. The molecule has 2 rings (SSSR count). The third kappa shape index (κ3) is 4.03. The van der Waals surface area contributed by atoms with E-state index in [2.05, 4.69) is 25.8 Å². The molecule has 0 radical (unpaired) electrons. The number of hydrogen-bond acceptors (Lipinski definition) is 2. The monoisotopic (exact) mass is 293 g/mol. The van der Waals surface area contributed by atoms with Crippen molar-refractivity contribution in [3.8, 4) is 0 Å². The van der Waals surface area contributed by atoms with Crippen LogP contribution in [0.2, 0.25) is 0 Å². The Morgan fingerprint density at radius 3 is 2.52 bits per heavy atom. The number of halogens is 1. The fourth-order valence-corrected chi connectivity index (χ4v) is 3.07. The van der Waals surface area contributed by atoms with Gasteiger partial charge in [0.1, 0.15) is 5.82 Å². The zero-order chi connectivity index (χ0) is 15.6. The molecule has 0 amide bonds. The second-order valence-corrected chi connectivity index (χ2v) is 6.93. The number of hydrogen-bond donors (Lipinski definition) is 1. The lowest BCUT2D eigenvalue weighted by molar-refractivity contribution is 0.0692. The molecule has 0 atom stereocenters. The van der Waals surface area contributed by atoms with E-state index in [1.807, 2.05) is 0 Å². The van der Waals surface area contributed by atoms with Crippen molar-refractivity contribution in [2.45, 2.75) is 52.1 Å². The quantitative estimate of drug-likeness (QED) is 0.914. The second kappa shape index (κ2) is 6.14. The fraction of sp³-hybridized carbons (Fsp3) is 0.588. The summed E-state index contributed by atoms with van der Waals surface area (Å²) in [5.41, 5.74) is 0.998. The first kappa shape index (κ1) is 16.0. The molecule has 1 N–H and O–H groups in total. The highest BCUT2D eigenvalue weighted by atomic mass is 19.1. The van der Waals surface area contributed by atoms with Crippen molar-refractivity contribution in [3.05, 3.63) is 35.1 Å². The minimum atomic E-state index is -1.22. The minimum absolute atomic E-state index is 0.263. The second-order valence-electron chi connectivity index (χ2n) is 6.93. The molecule has 0 spiro atoms. The van der Waals surface area contributed by atoms with Gasteiger partial charge in [-0.25, -0.2) is 9.18 Å². The molecule has 0 saturated heterocycles. The molecule has 0 heterocycles. The van der Waals surface area contributed by atoms with Crippen LogP contribution in [0.5, 0.6) is 0 Å². The summed E-state index contributed by atoms with van der Waals surface area (Å²) in [6.07, 6.45) is 4.76. The third-order valence-corrected chi connectivity index (χ3v) is 4.63. The summed E-state index contributed by atoms with van der Waals surface area (Å²) >= 11 is 0. The van der Waals surface area contributed by atoms with Crippen molar-refractivity contribution in [3.63, 3.8) is 0 Å². The van der Waals surface area contributed by atoms with E-state index < -0.39 is 11.8 Å². The van der Waals surface area contributed by atoms with E-state index in [-0.39, 0.29) is 5.56 Å². The maximum absolute atomic E-state index is 13.7. The van der Waals surface area contributed by atoms with E-state index in [0.717, 1.165) is 5.56 Å². The molecule has 1 aliphatic rings. The van der Waals surface area contributed by atoms with Crippen LogP contribution in [0.4, 0.5) is 4.39 Å². The van der Waals surface area contributed by atoms with Crippen molar-refractivity contribution in [2.75, 3.05) is 7.05 Å². The summed E-state index contributed by atoms with van der Waals surface area (Å²) in [6.45, 7) is 5.27. The van der Waals surface area contributed by atoms with Gasteiger partial charge in [-0.1, -0.05) is 19.9 Å². The van der Waals surface area contributed by atoms with Gasteiger partial charge in [0.25, 0.3) is 0 Å². The standard InChI is InChI=1S/C17H24FNO2/c1-17(2)8-6-13(7-9-17)19(3)11-12-4-5-14(16(20)21)15(18)10-12/h4-5,10,13H,6-9,11H2,1-3H3,(H,20,21). The Balaban J connectivity index is 1.98. The van der Waals surface area contributed by atoms with Crippen molar-refractivity contribution < 1.29 is 14.3 Å². The highest BCUT2D eigenvalue weighted by Gasteiger charge is 2.28. The first-order chi connectivity index (χ1) is 9.78. The van der Waals surface area contributed by atoms with Crippen LogP contribution in [0.1, 0.15) is 55.5 Å². The van der Waals surface area contributed by atoms with Crippen molar-refractivity contribution in [1.82, 2.24) is 4.90 Å². The first-order valence-corrected chi connectivity index (χ1v) is 7.50. The van der Waals surface area contributed by atoms with Gasteiger partial charge in [0.05, 0.1) is 5.56 Å². The Bertz CT molecular complexity index is 518. The average molecular weight is 293 g/mol. The fourth-order valence-electron chi connectivity index (χ4n) is 3.07. The number of rotatable bonds is 4. The van der Waals surface area contributed by atoms with Gasteiger partial charge in [-0.3, -0.25) is 4.90 Å². The smallest absolute Gasteiger partial charge is 0.338 e. The lowest BCUT2D eigenvalue weighted by Crippen LogP contribution is -2.36. The molecule has 21 heavy (non-hydrogen) atoms. The van der Waals surface area contributed by atoms with Gasteiger partial charge in [0.2, 0.25) is 0 Å². The highest BCUT2D eigenvalue weighted by molar-refractivity contribution is 5.87. The van der Waals surface area contributed by atoms with E-state index >= 15 is 0 Å². The Kier molecular flexibility index (Phi) is 4.67. The number of carboxylic acids is 1. The van der Waals surface area contributed by atoms with E-state index in [4.69, 9.17) is 5.11 Å².